The van der Waals surface area contributed by atoms with Crippen molar-refractivity contribution >= 4 is 68.5 Å². The summed E-state index contributed by atoms with van der Waals surface area (Å²) >= 11 is 0. The van der Waals surface area contributed by atoms with Gasteiger partial charge in [-0.3, -0.25) is 49.0 Å². The molecule has 86 heavy (non-hydrogen) atoms. The topological polar surface area (TPSA) is 255 Å². The van der Waals surface area contributed by atoms with Crippen molar-refractivity contribution in [3.8, 4) is 11.5 Å². The van der Waals surface area contributed by atoms with Crippen molar-refractivity contribution in [3.63, 3.8) is 0 Å². The minimum Gasteiger partial charge on any atom is -0.427 e. The molecule has 0 fully saturated rings. The normalized spacial score (nSPS) is 11.8. The molecule has 4 amide bonds. The first-order chi connectivity index (χ1) is 41.8. The minimum absolute atomic E-state index is 0.104. The van der Waals surface area contributed by atoms with Gasteiger partial charge in [0.1, 0.15) is 23.6 Å². The number of nitro groups is 2. The molecule has 2 rings (SSSR count). The first kappa shape index (κ1) is 76.9. The van der Waals surface area contributed by atoms with E-state index in [1.54, 1.807) is 0 Å². The summed E-state index contributed by atoms with van der Waals surface area (Å²) in [6.45, 7) is 5.13. The molecule has 0 spiro atoms. The third-order valence-corrected chi connectivity index (χ3v) is 17.6. The smallest absolute Gasteiger partial charge is 0.311 e. The number of benzene rings is 2. The van der Waals surface area contributed by atoms with Crippen molar-refractivity contribution in [1.29, 1.82) is 0 Å². The van der Waals surface area contributed by atoms with Crippen LogP contribution < -0.4 is 30.7 Å². The van der Waals surface area contributed by atoms with Crippen LogP contribution >= 0.6 is 21.6 Å². The second-order valence-corrected chi connectivity index (χ2v) is 25.4. The molecule has 0 unspecified atom stereocenters. The molecule has 20 heteroatoms. The van der Waals surface area contributed by atoms with Crippen LogP contribution in [-0.2, 0) is 28.8 Å². The predicted molar refractivity (Wildman–Crippen MR) is 348 cm³/mol. The lowest BCUT2D eigenvalue weighted by molar-refractivity contribution is -0.385. The Morgan fingerprint density at radius 3 is 0.919 bits per heavy atom. The number of amides is 4. The fourth-order valence-electron chi connectivity index (χ4n) is 9.89. The summed E-state index contributed by atoms with van der Waals surface area (Å²) in [4.78, 5) is 99.7. The number of unbranched alkanes of at least 4 members (excludes halogenated alkanes) is 32. The SMILES string of the molecule is CCCCCCCCCCCCCCCCCC(=O)N[C@@H](CSSC[C@H](NC(=O)CCCCCCCCCCCCCCCCC)C(=O)NCCCCCC(=O)Oc1ccc([N+](=O)[O-])cc1)C(=O)NCCCCCC(=O)Oc1ccc([N+](=O)[O-])cc1. The van der Waals surface area contributed by atoms with Gasteiger partial charge >= 0.3 is 11.9 Å². The highest BCUT2D eigenvalue weighted by atomic mass is 33.1. The van der Waals surface area contributed by atoms with E-state index >= 15 is 0 Å². The zero-order chi connectivity index (χ0) is 62.5. The van der Waals surface area contributed by atoms with Gasteiger partial charge < -0.3 is 30.7 Å². The highest BCUT2D eigenvalue weighted by Crippen LogP contribution is 2.25. The first-order valence-corrected chi connectivity index (χ1v) is 35.6. The van der Waals surface area contributed by atoms with Gasteiger partial charge in [-0.25, -0.2) is 0 Å². The van der Waals surface area contributed by atoms with Gasteiger partial charge in [-0.2, -0.15) is 0 Å². The second kappa shape index (κ2) is 52.8. The van der Waals surface area contributed by atoms with Crippen molar-refractivity contribution in [2.75, 3.05) is 24.6 Å². The van der Waals surface area contributed by atoms with E-state index in [4.69, 9.17) is 9.47 Å². The highest BCUT2D eigenvalue weighted by Gasteiger charge is 2.24. The number of nitro benzene ring substituents is 2. The predicted octanol–water partition coefficient (Wildman–Crippen LogP) is 16.2. The molecule has 2 aromatic rings. The molecule has 0 aliphatic rings. The molecule has 18 nitrogen and oxygen atoms in total. The minimum atomic E-state index is -0.855. The Balaban J connectivity index is 1.92. The molecule has 0 saturated heterocycles. The van der Waals surface area contributed by atoms with Crippen LogP contribution in [0.5, 0.6) is 11.5 Å². The number of hydrogen-bond donors (Lipinski definition) is 4. The van der Waals surface area contributed by atoms with E-state index in [0.29, 0.717) is 64.5 Å². The summed E-state index contributed by atoms with van der Waals surface area (Å²) in [6.07, 6.45) is 40.7. The number of rotatable bonds is 57. The summed E-state index contributed by atoms with van der Waals surface area (Å²) < 4.78 is 10.6. The maximum atomic E-state index is 13.7. The van der Waals surface area contributed by atoms with Crippen LogP contribution in [-0.4, -0.2) is 82.1 Å². The van der Waals surface area contributed by atoms with E-state index in [0.717, 1.165) is 51.4 Å². The summed E-state index contributed by atoms with van der Waals surface area (Å²) in [6, 6.07) is 8.87. The second-order valence-electron chi connectivity index (χ2n) is 22.9. The molecule has 0 bridgehead atoms. The van der Waals surface area contributed by atoms with Gasteiger partial charge in [0.15, 0.2) is 0 Å². The molecule has 0 aliphatic carbocycles. The summed E-state index contributed by atoms with van der Waals surface area (Å²) in [5.41, 5.74) is -0.208. The maximum Gasteiger partial charge on any atom is 0.311 e. The number of ether oxygens (including phenoxy) is 2. The average Bonchev–Trinajstić information content (AvgIpc) is 3.52. The zero-order valence-electron chi connectivity index (χ0n) is 52.5. The molecule has 0 aromatic heterocycles. The Kier molecular flexibility index (Phi) is 47.2. The Labute approximate surface area is 523 Å². The molecule has 2 atom stereocenters. The fraction of sp³-hybridized carbons (Fsp3) is 0.727. The van der Waals surface area contributed by atoms with Crippen molar-refractivity contribution in [2.45, 2.75) is 283 Å². The van der Waals surface area contributed by atoms with E-state index in [9.17, 15) is 49.0 Å². The van der Waals surface area contributed by atoms with Gasteiger partial charge in [-0.15, -0.1) is 0 Å². The quantitative estimate of drug-likeness (QED) is 0.0120. The van der Waals surface area contributed by atoms with Gasteiger partial charge in [0, 0.05) is 74.5 Å². The average molecular weight is 1240 g/mol. The molecule has 2 aromatic carbocycles. The first-order valence-electron chi connectivity index (χ1n) is 33.1. The van der Waals surface area contributed by atoms with E-state index < -0.39 is 33.9 Å². The van der Waals surface area contributed by atoms with Crippen molar-refractivity contribution in [3.05, 3.63) is 68.8 Å². The lowest BCUT2D eigenvalue weighted by Gasteiger charge is -2.20. The van der Waals surface area contributed by atoms with Gasteiger partial charge in [-0.05, 0) is 62.8 Å². The van der Waals surface area contributed by atoms with Gasteiger partial charge in [-0.1, -0.05) is 228 Å². The van der Waals surface area contributed by atoms with E-state index in [-0.39, 0.29) is 70.8 Å². The van der Waals surface area contributed by atoms with Crippen LogP contribution in [0, 0.1) is 20.2 Å². The third kappa shape index (κ3) is 42.6. The van der Waals surface area contributed by atoms with Crippen molar-refractivity contribution in [2.24, 2.45) is 0 Å². The van der Waals surface area contributed by atoms with Crippen LogP contribution in [0.2, 0.25) is 0 Å². The van der Waals surface area contributed by atoms with Gasteiger partial charge in [0.2, 0.25) is 23.6 Å². The monoisotopic (exact) mass is 1240 g/mol. The standard InChI is InChI=1S/C66H108N6O12S2/c1-3-5-7-9-11-13-15-17-19-21-23-25-27-29-33-39-61(73)69-59(65(77)67-51-37-31-35-41-63(75)83-57-47-43-55(44-48-57)71(79)80)53-85-86-54-60(70-62(74)40-34-30-28-26-24-22-20-18-16-14-12-10-8-6-4-2)66(78)68-52-38-32-36-42-64(76)84-58-49-45-56(46-50-58)72(81)82/h43-50,59-60H,3-42,51-54H2,1-2H3,(H,67,77)(H,68,78)(H,69,73)(H,70,74)/t59-,60-/m0/s1. The van der Waals surface area contributed by atoms with Crippen LogP contribution in [0.25, 0.3) is 0 Å². The number of non-ortho nitro benzene ring substituents is 2. The Hall–Kier alpha value is -5.24. The zero-order valence-corrected chi connectivity index (χ0v) is 54.1. The Morgan fingerprint density at radius 1 is 0.384 bits per heavy atom. The maximum absolute atomic E-state index is 13.7. The van der Waals surface area contributed by atoms with Crippen LogP contribution in [0.15, 0.2) is 48.5 Å². The van der Waals surface area contributed by atoms with E-state index in [2.05, 4.69) is 35.1 Å². The molecule has 0 heterocycles. The number of carbonyl (C=O) groups is 6. The summed E-state index contributed by atoms with van der Waals surface area (Å²) in [5.74, 6) is -1.17. The number of hydrogen-bond acceptors (Lipinski definition) is 14. The molecule has 0 saturated carbocycles. The number of esters is 2. The number of carbonyl (C=O) groups excluding carboxylic acids is 6. The summed E-state index contributed by atoms with van der Waals surface area (Å²) in [7, 11) is 2.68. The molecule has 0 aliphatic heterocycles. The Bertz CT molecular complexity index is 2000. The van der Waals surface area contributed by atoms with Crippen LogP contribution in [0.3, 0.4) is 0 Å². The van der Waals surface area contributed by atoms with Crippen molar-refractivity contribution in [1.82, 2.24) is 21.3 Å². The molecule has 0 radical (unpaired) electrons. The lowest BCUT2D eigenvalue weighted by Crippen LogP contribution is -2.49. The van der Waals surface area contributed by atoms with Gasteiger partial charge in [0.25, 0.3) is 11.4 Å². The molecular formula is C66H108N6O12S2. The number of nitrogens with one attached hydrogen (secondary N) is 4. The number of nitrogens with zero attached hydrogens (tertiary/aromatic N) is 2. The molecular weight excluding hydrogens is 1130 g/mol. The Morgan fingerprint density at radius 2 is 0.640 bits per heavy atom. The highest BCUT2D eigenvalue weighted by molar-refractivity contribution is 8.76. The van der Waals surface area contributed by atoms with E-state index in [1.807, 2.05) is 0 Å². The van der Waals surface area contributed by atoms with E-state index in [1.165, 1.54) is 211 Å². The largest absolute Gasteiger partial charge is 0.427 e. The van der Waals surface area contributed by atoms with Crippen LogP contribution in [0.4, 0.5) is 11.4 Å². The van der Waals surface area contributed by atoms with Crippen molar-refractivity contribution < 1.29 is 48.1 Å². The fourth-order valence-corrected chi connectivity index (χ4v) is 12.2. The van der Waals surface area contributed by atoms with Crippen LogP contribution in [0.1, 0.15) is 271 Å². The molecule has 4 N–H and O–H groups in total. The van der Waals surface area contributed by atoms with Gasteiger partial charge in [0.05, 0.1) is 9.85 Å². The molecule has 486 valence electrons. The third-order valence-electron chi connectivity index (χ3n) is 15.1. The lowest BCUT2D eigenvalue weighted by atomic mass is 10.0. The summed E-state index contributed by atoms with van der Waals surface area (Å²) in [5, 5.41) is 33.7.